The highest BCUT2D eigenvalue weighted by molar-refractivity contribution is 5.95. The van der Waals surface area contributed by atoms with Crippen molar-refractivity contribution in [2.24, 2.45) is 0 Å². The van der Waals surface area contributed by atoms with Gasteiger partial charge in [0, 0.05) is 12.7 Å². The minimum Gasteiger partial charge on any atom is -0.395 e. The fraction of sp³-hybridized carbons (Fsp3) is 0.500. The second-order valence-corrected chi connectivity index (χ2v) is 3.10. The summed E-state index contributed by atoms with van der Waals surface area (Å²) in [6.07, 6.45) is 1.73. The molecule has 0 unspecified atom stereocenters. The Morgan fingerprint density at radius 2 is 2.43 bits per heavy atom. The van der Waals surface area contributed by atoms with Crippen LogP contribution in [-0.2, 0) is 0 Å². The smallest absolute Gasteiger partial charge is 0.192 e. The fourth-order valence-corrected chi connectivity index (χ4v) is 1.28. The van der Waals surface area contributed by atoms with Crippen molar-refractivity contribution in [3.8, 4) is 0 Å². The summed E-state index contributed by atoms with van der Waals surface area (Å²) in [6, 6.07) is 3.56. The van der Waals surface area contributed by atoms with Gasteiger partial charge < -0.3 is 10.1 Å². The van der Waals surface area contributed by atoms with Gasteiger partial charge in [0.15, 0.2) is 5.78 Å². The molecule has 14 heavy (non-hydrogen) atoms. The van der Waals surface area contributed by atoms with Gasteiger partial charge in [-0.25, -0.2) is 0 Å². The number of Topliss-reactive ketones (excluding diaryl/α,β-unsaturated/α-hetero) is 1. The van der Waals surface area contributed by atoms with Gasteiger partial charge in [-0.05, 0) is 18.7 Å². The van der Waals surface area contributed by atoms with E-state index in [9.17, 15) is 4.79 Å². The van der Waals surface area contributed by atoms with Gasteiger partial charge >= 0.3 is 0 Å². The van der Waals surface area contributed by atoms with Crippen LogP contribution in [-0.4, -0.2) is 47.0 Å². The van der Waals surface area contributed by atoms with Gasteiger partial charge in [0.25, 0.3) is 0 Å². The van der Waals surface area contributed by atoms with Crippen LogP contribution in [0.5, 0.6) is 0 Å². The minimum absolute atomic E-state index is 0.0605. The van der Waals surface area contributed by atoms with Crippen LogP contribution in [0, 0.1) is 0 Å². The van der Waals surface area contributed by atoms with E-state index in [2.05, 4.69) is 4.98 Å². The molecule has 0 aliphatic heterocycles. The normalized spacial score (nSPS) is 10.8. The van der Waals surface area contributed by atoms with Crippen molar-refractivity contribution in [3.05, 3.63) is 24.0 Å². The Morgan fingerprint density at radius 3 is 2.93 bits per heavy atom. The zero-order valence-electron chi connectivity index (χ0n) is 8.36. The van der Waals surface area contributed by atoms with E-state index in [1.807, 2.05) is 11.8 Å². The minimum atomic E-state index is 0.0605. The van der Waals surface area contributed by atoms with Gasteiger partial charge in [-0.2, -0.15) is 0 Å². The summed E-state index contributed by atoms with van der Waals surface area (Å²) in [6.45, 7) is 3.73. The van der Waals surface area contributed by atoms with Crippen LogP contribution in [0.25, 0.3) is 0 Å². The number of carbonyl (C=O) groups is 1. The number of aliphatic hydroxyl groups excluding tert-OH is 1. The maximum absolute atomic E-state index is 11.6. The standard InChI is InChI=1S/C10H16N2O2/c1-2-12(6-7-13)8-10(14)9-4-3-5-11-9/h3-5,11,13H,2,6-8H2,1H3. The molecule has 1 heterocycles. The van der Waals surface area contributed by atoms with Crippen LogP contribution in [0.3, 0.4) is 0 Å². The van der Waals surface area contributed by atoms with Crippen molar-refractivity contribution in [2.75, 3.05) is 26.2 Å². The molecule has 4 nitrogen and oxygen atoms in total. The van der Waals surface area contributed by atoms with E-state index in [-0.39, 0.29) is 12.4 Å². The predicted molar refractivity (Wildman–Crippen MR) is 54.3 cm³/mol. The molecule has 0 saturated carbocycles. The van der Waals surface area contributed by atoms with Gasteiger partial charge in [0.2, 0.25) is 0 Å². The molecule has 4 heteroatoms. The maximum Gasteiger partial charge on any atom is 0.192 e. The highest BCUT2D eigenvalue weighted by Crippen LogP contribution is 1.98. The maximum atomic E-state index is 11.6. The SMILES string of the molecule is CCN(CCO)CC(=O)c1ccc[nH]1. The highest BCUT2D eigenvalue weighted by atomic mass is 16.3. The molecule has 0 spiro atoms. The molecule has 0 bridgehead atoms. The molecule has 78 valence electrons. The fourth-order valence-electron chi connectivity index (χ4n) is 1.28. The Kier molecular flexibility index (Phi) is 4.35. The van der Waals surface area contributed by atoms with Crippen molar-refractivity contribution >= 4 is 5.78 Å². The van der Waals surface area contributed by atoms with Crippen LogP contribution in [0.2, 0.25) is 0 Å². The first-order valence-corrected chi connectivity index (χ1v) is 4.77. The van der Waals surface area contributed by atoms with Gasteiger partial charge in [0.05, 0.1) is 18.8 Å². The van der Waals surface area contributed by atoms with E-state index >= 15 is 0 Å². The van der Waals surface area contributed by atoms with Crippen LogP contribution in [0.4, 0.5) is 0 Å². The van der Waals surface area contributed by atoms with Gasteiger partial charge in [-0.1, -0.05) is 6.92 Å². The lowest BCUT2D eigenvalue weighted by atomic mass is 10.2. The first kappa shape index (κ1) is 10.9. The van der Waals surface area contributed by atoms with Gasteiger partial charge in [0.1, 0.15) is 0 Å². The zero-order valence-corrected chi connectivity index (χ0v) is 8.36. The third-order valence-corrected chi connectivity index (χ3v) is 2.13. The summed E-state index contributed by atoms with van der Waals surface area (Å²) in [4.78, 5) is 16.4. The number of carbonyl (C=O) groups excluding carboxylic acids is 1. The number of hydrogen-bond acceptors (Lipinski definition) is 3. The van der Waals surface area contributed by atoms with E-state index < -0.39 is 0 Å². The molecule has 0 atom stereocenters. The van der Waals surface area contributed by atoms with Gasteiger partial charge in [-0.3, -0.25) is 9.69 Å². The van der Waals surface area contributed by atoms with E-state index in [0.29, 0.717) is 18.8 Å². The van der Waals surface area contributed by atoms with Crippen molar-refractivity contribution in [2.45, 2.75) is 6.92 Å². The number of H-pyrrole nitrogens is 1. The Morgan fingerprint density at radius 1 is 1.64 bits per heavy atom. The van der Waals surface area contributed by atoms with Crippen LogP contribution in [0.15, 0.2) is 18.3 Å². The van der Waals surface area contributed by atoms with Crippen LogP contribution >= 0.6 is 0 Å². The molecule has 0 aliphatic rings. The van der Waals surface area contributed by atoms with Crippen LogP contribution < -0.4 is 0 Å². The Bertz CT molecular complexity index is 270. The third-order valence-electron chi connectivity index (χ3n) is 2.13. The highest BCUT2D eigenvalue weighted by Gasteiger charge is 2.10. The summed E-state index contributed by atoms with van der Waals surface area (Å²) in [5.41, 5.74) is 0.626. The molecular formula is C10H16N2O2. The Labute approximate surface area is 83.5 Å². The zero-order chi connectivity index (χ0) is 10.4. The van der Waals surface area contributed by atoms with E-state index in [0.717, 1.165) is 6.54 Å². The first-order chi connectivity index (χ1) is 6.77. The molecule has 0 aliphatic carbocycles. The Hall–Kier alpha value is -1.13. The largest absolute Gasteiger partial charge is 0.395 e. The summed E-state index contributed by atoms with van der Waals surface area (Å²) >= 11 is 0. The first-order valence-electron chi connectivity index (χ1n) is 4.77. The molecule has 1 aromatic heterocycles. The molecule has 1 aromatic rings. The number of aromatic amines is 1. The van der Waals surface area contributed by atoms with E-state index in [1.54, 1.807) is 18.3 Å². The van der Waals surface area contributed by atoms with Crippen molar-refractivity contribution in [1.29, 1.82) is 0 Å². The Balaban J connectivity index is 2.47. The number of rotatable bonds is 6. The summed E-state index contributed by atoms with van der Waals surface area (Å²) in [5, 5.41) is 8.75. The van der Waals surface area contributed by atoms with Crippen molar-refractivity contribution < 1.29 is 9.90 Å². The lowest BCUT2D eigenvalue weighted by molar-refractivity contribution is 0.0915. The summed E-state index contributed by atoms with van der Waals surface area (Å²) in [5.74, 6) is 0.0605. The lowest BCUT2D eigenvalue weighted by Gasteiger charge is -2.17. The lowest BCUT2D eigenvalue weighted by Crippen LogP contribution is -2.32. The molecule has 1 rings (SSSR count). The number of nitrogens with zero attached hydrogens (tertiary/aromatic N) is 1. The quantitative estimate of drug-likeness (QED) is 0.652. The summed E-state index contributed by atoms with van der Waals surface area (Å²) in [7, 11) is 0. The predicted octanol–water partition coefficient (Wildman–Crippen LogP) is 0.512. The number of likely N-dealkylation sites (N-methyl/N-ethyl adjacent to an activating group) is 1. The second kappa shape index (κ2) is 5.57. The number of hydrogen-bond donors (Lipinski definition) is 2. The average molecular weight is 196 g/mol. The van der Waals surface area contributed by atoms with Gasteiger partial charge in [-0.15, -0.1) is 0 Å². The molecule has 2 N–H and O–H groups in total. The molecule has 0 aromatic carbocycles. The monoisotopic (exact) mass is 196 g/mol. The molecule has 0 fully saturated rings. The molecule has 0 saturated heterocycles. The number of aromatic nitrogens is 1. The summed E-state index contributed by atoms with van der Waals surface area (Å²) < 4.78 is 0. The van der Waals surface area contributed by atoms with E-state index in [4.69, 9.17) is 5.11 Å². The second-order valence-electron chi connectivity index (χ2n) is 3.10. The molecule has 0 radical (unpaired) electrons. The number of nitrogens with one attached hydrogen (secondary N) is 1. The van der Waals surface area contributed by atoms with Crippen molar-refractivity contribution in [3.63, 3.8) is 0 Å². The number of ketones is 1. The number of aliphatic hydroxyl groups is 1. The third kappa shape index (κ3) is 2.97. The van der Waals surface area contributed by atoms with E-state index in [1.165, 1.54) is 0 Å². The van der Waals surface area contributed by atoms with Crippen LogP contribution in [0.1, 0.15) is 17.4 Å². The molecule has 0 amide bonds. The van der Waals surface area contributed by atoms with Crippen molar-refractivity contribution in [1.82, 2.24) is 9.88 Å². The topological polar surface area (TPSA) is 56.3 Å². The average Bonchev–Trinajstić information content (AvgIpc) is 2.69. The molecular weight excluding hydrogens is 180 g/mol.